The van der Waals surface area contributed by atoms with Crippen LogP contribution in [0.2, 0.25) is 0 Å². The van der Waals surface area contributed by atoms with E-state index in [0.717, 1.165) is 11.0 Å². The lowest BCUT2D eigenvalue weighted by atomic mass is 10.0. The maximum absolute atomic E-state index is 12.8. The lowest BCUT2D eigenvalue weighted by Gasteiger charge is -2.24. The highest BCUT2D eigenvalue weighted by molar-refractivity contribution is 5.96. The second kappa shape index (κ2) is 6.39. The smallest absolute Gasteiger partial charge is 0.273 e. The van der Waals surface area contributed by atoms with Gasteiger partial charge in [-0.3, -0.25) is 14.9 Å². The summed E-state index contributed by atoms with van der Waals surface area (Å²) < 4.78 is 5.83. The van der Waals surface area contributed by atoms with Crippen molar-refractivity contribution in [1.82, 2.24) is 4.90 Å². The Morgan fingerprint density at radius 2 is 1.92 bits per heavy atom. The predicted octanol–water partition coefficient (Wildman–Crippen LogP) is 4.48. The van der Waals surface area contributed by atoms with Crippen molar-refractivity contribution < 1.29 is 14.1 Å². The highest BCUT2D eigenvalue weighted by atomic mass is 16.6. The van der Waals surface area contributed by atoms with Gasteiger partial charge in [0.2, 0.25) is 0 Å². The van der Waals surface area contributed by atoms with Crippen molar-refractivity contribution in [3.05, 3.63) is 75.5 Å². The third-order valence-corrected chi connectivity index (χ3v) is 4.49. The molecule has 0 aliphatic rings. The van der Waals surface area contributed by atoms with E-state index in [-0.39, 0.29) is 17.6 Å². The molecular weight excluding hydrogens is 320 g/mol. The fourth-order valence-electron chi connectivity index (χ4n) is 2.82. The number of para-hydroxylation sites is 1. The molecule has 3 rings (SSSR count). The summed E-state index contributed by atoms with van der Waals surface area (Å²) in [5.41, 5.74) is 1.38. The van der Waals surface area contributed by atoms with Crippen LogP contribution in [0.3, 0.4) is 0 Å². The summed E-state index contributed by atoms with van der Waals surface area (Å²) >= 11 is 0. The minimum atomic E-state index is -0.477. The van der Waals surface area contributed by atoms with Crippen molar-refractivity contribution in [3.8, 4) is 0 Å². The van der Waals surface area contributed by atoms with Crippen molar-refractivity contribution >= 4 is 22.6 Å². The van der Waals surface area contributed by atoms with Crippen LogP contribution >= 0.6 is 0 Å². The number of nitro benzene ring substituents is 1. The van der Waals surface area contributed by atoms with Gasteiger partial charge in [0.05, 0.1) is 11.0 Å². The van der Waals surface area contributed by atoms with Crippen molar-refractivity contribution in [2.75, 3.05) is 7.05 Å². The molecule has 6 nitrogen and oxygen atoms in total. The summed E-state index contributed by atoms with van der Waals surface area (Å²) in [5, 5.41) is 12.1. The number of nitro groups is 1. The Bertz CT molecular complexity index is 928. The van der Waals surface area contributed by atoms with Gasteiger partial charge < -0.3 is 9.32 Å². The van der Waals surface area contributed by atoms with Crippen LogP contribution in [0.15, 0.2) is 52.9 Å². The van der Waals surface area contributed by atoms with E-state index in [1.54, 1.807) is 20.0 Å². The van der Waals surface area contributed by atoms with Crippen molar-refractivity contribution in [1.29, 1.82) is 0 Å². The fraction of sp³-hybridized carbons (Fsp3) is 0.211. The molecule has 0 spiro atoms. The first-order valence-corrected chi connectivity index (χ1v) is 7.89. The monoisotopic (exact) mass is 338 g/mol. The summed E-state index contributed by atoms with van der Waals surface area (Å²) in [6.07, 6.45) is 0. The van der Waals surface area contributed by atoms with E-state index in [9.17, 15) is 14.9 Å². The number of nitrogens with zero attached hydrogens (tertiary/aromatic N) is 2. The molecule has 1 unspecified atom stereocenters. The molecule has 2 aromatic carbocycles. The molecule has 0 N–H and O–H groups in total. The fourth-order valence-corrected chi connectivity index (χ4v) is 2.82. The number of carbonyl (C=O) groups is 1. The highest BCUT2D eigenvalue weighted by Crippen LogP contribution is 2.29. The van der Waals surface area contributed by atoms with Crippen LogP contribution in [-0.4, -0.2) is 22.8 Å². The van der Waals surface area contributed by atoms with Gasteiger partial charge >= 0.3 is 0 Å². The van der Waals surface area contributed by atoms with Crippen molar-refractivity contribution in [2.24, 2.45) is 0 Å². The lowest BCUT2D eigenvalue weighted by Crippen LogP contribution is -2.30. The van der Waals surface area contributed by atoms with Crippen LogP contribution in [0, 0.1) is 17.0 Å². The molecule has 0 saturated carbocycles. The van der Waals surface area contributed by atoms with Gasteiger partial charge in [0, 0.05) is 29.6 Å². The Hall–Kier alpha value is -3.15. The first-order valence-electron chi connectivity index (χ1n) is 7.89. The minimum absolute atomic E-state index is 0.0596. The number of hydrogen-bond acceptors (Lipinski definition) is 4. The molecule has 25 heavy (non-hydrogen) atoms. The normalized spacial score (nSPS) is 12.1. The van der Waals surface area contributed by atoms with E-state index in [1.165, 1.54) is 17.0 Å². The minimum Gasteiger partial charge on any atom is -0.459 e. The highest BCUT2D eigenvalue weighted by Gasteiger charge is 2.25. The van der Waals surface area contributed by atoms with Crippen LogP contribution in [0.5, 0.6) is 0 Å². The van der Waals surface area contributed by atoms with Crippen LogP contribution in [0.1, 0.15) is 34.6 Å². The van der Waals surface area contributed by atoms with Gasteiger partial charge in [0.1, 0.15) is 11.3 Å². The van der Waals surface area contributed by atoms with E-state index in [0.29, 0.717) is 16.9 Å². The van der Waals surface area contributed by atoms with Crippen LogP contribution in [0.4, 0.5) is 5.69 Å². The molecule has 0 aliphatic carbocycles. The number of rotatable bonds is 4. The summed E-state index contributed by atoms with van der Waals surface area (Å²) in [6, 6.07) is 13.8. The van der Waals surface area contributed by atoms with Crippen LogP contribution in [-0.2, 0) is 0 Å². The number of fused-ring (bicyclic) bond motifs is 1. The quantitative estimate of drug-likeness (QED) is 0.519. The molecule has 1 heterocycles. The van der Waals surface area contributed by atoms with Gasteiger partial charge in [0.25, 0.3) is 11.6 Å². The zero-order chi connectivity index (χ0) is 18.1. The standard InChI is InChI=1S/C19H18N2O4/c1-12-15(8-6-9-16(12)21(23)24)19(22)20(3)13(2)18-11-14-7-4-5-10-17(14)25-18/h4-11,13H,1-3H3. The predicted molar refractivity (Wildman–Crippen MR) is 94.6 cm³/mol. The van der Waals surface area contributed by atoms with Crippen molar-refractivity contribution in [2.45, 2.75) is 19.9 Å². The number of carbonyl (C=O) groups excluding carboxylic acids is 1. The van der Waals surface area contributed by atoms with E-state index in [2.05, 4.69) is 0 Å². The molecule has 6 heteroatoms. The van der Waals surface area contributed by atoms with Crippen molar-refractivity contribution in [3.63, 3.8) is 0 Å². The third kappa shape index (κ3) is 2.98. The molecule has 0 radical (unpaired) electrons. The largest absolute Gasteiger partial charge is 0.459 e. The molecule has 1 atom stereocenters. The maximum atomic E-state index is 12.8. The summed E-state index contributed by atoms with van der Waals surface area (Å²) in [6.45, 7) is 3.45. The van der Waals surface area contributed by atoms with Crippen LogP contribution in [0.25, 0.3) is 11.0 Å². The molecule has 1 aromatic heterocycles. The summed E-state index contributed by atoms with van der Waals surface area (Å²) in [4.78, 5) is 25.0. The Morgan fingerprint density at radius 1 is 1.20 bits per heavy atom. The maximum Gasteiger partial charge on any atom is 0.273 e. The second-order valence-corrected chi connectivity index (χ2v) is 5.99. The van der Waals surface area contributed by atoms with Gasteiger partial charge in [-0.1, -0.05) is 24.3 Å². The first-order chi connectivity index (χ1) is 11.9. The molecule has 128 valence electrons. The molecular formula is C19H18N2O4. The SMILES string of the molecule is Cc1c(C(=O)N(C)C(C)c2cc3ccccc3o2)cccc1[N+](=O)[O-]. The molecule has 3 aromatic rings. The zero-order valence-corrected chi connectivity index (χ0v) is 14.2. The second-order valence-electron chi connectivity index (χ2n) is 5.99. The van der Waals surface area contributed by atoms with E-state index in [1.807, 2.05) is 37.3 Å². The molecule has 1 amide bonds. The summed E-state index contributed by atoms with van der Waals surface area (Å²) in [7, 11) is 1.67. The molecule has 0 bridgehead atoms. The average molecular weight is 338 g/mol. The van der Waals surface area contributed by atoms with Gasteiger partial charge in [-0.15, -0.1) is 0 Å². The first kappa shape index (κ1) is 16.7. The van der Waals surface area contributed by atoms with Crippen LogP contribution < -0.4 is 0 Å². The Labute approximate surface area is 144 Å². The summed E-state index contributed by atoms with van der Waals surface area (Å²) in [5.74, 6) is 0.384. The Morgan fingerprint density at radius 3 is 2.60 bits per heavy atom. The van der Waals surface area contributed by atoms with Gasteiger partial charge in [-0.05, 0) is 32.0 Å². The van der Waals surface area contributed by atoms with Gasteiger partial charge in [-0.25, -0.2) is 0 Å². The molecule has 0 saturated heterocycles. The zero-order valence-electron chi connectivity index (χ0n) is 14.2. The van der Waals surface area contributed by atoms with Gasteiger partial charge in [-0.2, -0.15) is 0 Å². The topological polar surface area (TPSA) is 76.6 Å². The number of furan rings is 1. The average Bonchev–Trinajstić information content (AvgIpc) is 3.04. The van der Waals surface area contributed by atoms with E-state index < -0.39 is 4.92 Å². The van der Waals surface area contributed by atoms with E-state index >= 15 is 0 Å². The lowest BCUT2D eigenvalue weighted by molar-refractivity contribution is -0.385. The van der Waals surface area contributed by atoms with Gasteiger partial charge in [0.15, 0.2) is 0 Å². The van der Waals surface area contributed by atoms with E-state index in [4.69, 9.17) is 4.42 Å². The number of hydrogen-bond donors (Lipinski definition) is 0. The third-order valence-electron chi connectivity index (χ3n) is 4.49. The Kier molecular flexibility index (Phi) is 4.27. The Balaban J connectivity index is 1.92. The molecule has 0 aliphatic heterocycles. The number of amides is 1. The molecule has 0 fully saturated rings. The number of benzene rings is 2.